The molecule has 1 N–H and O–H groups in total. The highest BCUT2D eigenvalue weighted by Crippen LogP contribution is 2.07. The first-order valence-electron chi connectivity index (χ1n) is 7.90. The van der Waals surface area contributed by atoms with E-state index >= 15 is 0 Å². The smallest absolute Gasteiger partial charge is 0.331 e. The minimum Gasteiger partial charge on any atom is -0.455 e. The zero-order chi connectivity index (χ0) is 16.8. The summed E-state index contributed by atoms with van der Waals surface area (Å²) < 4.78 is 4.95. The molecule has 0 unspecified atom stereocenters. The van der Waals surface area contributed by atoms with Crippen LogP contribution in [0.25, 0.3) is 0 Å². The zero-order valence-electron chi connectivity index (χ0n) is 13.5. The van der Waals surface area contributed by atoms with Crippen molar-refractivity contribution in [2.45, 2.75) is 32.3 Å². The second kappa shape index (κ2) is 12.7. The summed E-state index contributed by atoms with van der Waals surface area (Å²) in [7, 11) is 0. The number of aliphatic hydroxyl groups excluding tert-OH is 1. The summed E-state index contributed by atoms with van der Waals surface area (Å²) in [5, 5.41) is 9.99. The van der Waals surface area contributed by atoms with Gasteiger partial charge in [0.25, 0.3) is 0 Å². The fourth-order valence-corrected chi connectivity index (χ4v) is 1.78. The third kappa shape index (κ3) is 10.5. The lowest BCUT2D eigenvalue weighted by molar-refractivity contribution is -0.134. The van der Waals surface area contributed by atoms with Crippen molar-refractivity contribution in [3.63, 3.8) is 0 Å². The van der Waals surface area contributed by atoms with Crippen molar-refractivity contribution >= 4 is 5.97 Å². The maximum atomic E-state index is 11.4. The van der Waals surface area contributed by atoms with Gasteiger partial charge in [-0.15, -0.1) is 0 Å². The van der Waals surface area contributed by atoms with E-state index in [1.165, 1.54) is 12.7 Å². The number of allylic oxidation sites excluding steroid dienone is 7. The Kier molecular flexibility index (Phi) is 10.5. The van der Waals surface area contributed by atoms with Crippen LogP contribution in [0.2, 0.25) is 0 Å². The number of carbonyl (C=O) groups excluding carboxylic acids is 1. The first-order valence-corrected chi connectivity index (χ1v) is 7.90. The number of rotatable bonds is 0. The summed E-state index contributed by atoms with van der Waals surface area (Å²) in [5.74, 6) is -0.375. The summed E-state index contributed by atoms with van der Waals surface area (Å²) in [4.78, 5) is 11.4. The Morgan fingerprint density at radius 1 is 1.00 bits per heavy atom. The van der Waals surface area contributed by atoms with Crippen LogP contribution in [0.4, 0.5) is 0 Å². The van der Waals surface area contributed by atoms with E-state index in [1.54, 1.807) is 24.3 Å². The predicted octanol–water partition coefficient (Wildman–Crippen LogP) is 4.06. The Bertz CT molecular complexity index is 469. The molecule has 1 aliphatic rings. The summed E-state index contributed by atoms with van der Waals surface area (Å²) in [6.45, 7) is 3.44. The van der Waals surface area contributed by atoms with E-state index in [9.17, 15) is 9.90 Å². The van der Waals surface area contributed by atoms with E-state index in [-0.39, 0.29) is 5.92 Å². The quantitative estimate of drug-likeness (QED) is 0.686. The molecule has 1 heterocycles. The molecule has 0 bridgehead atoms. The van der Waals surface area contributed by atoms with Crippen LogP contribution >= 0.6 is 0 Å². The molecule has 2 atom stereocenters. The number of hydrogen-bond acceptors (Lipinski definition) is 3. The van der Waals surface area contributed by atoms with Crippen LogP contribution in [0.1, 0.15) is 26.2 Å². The molecule has 3 nitrogen and oxygen atoms in total. The molecule has 0 aliphatic carbocycles. The maximum Gasteiger partial charge on any atom is 0.331 e. The Morgan fingerprint density at radius 2 is 1.78 bits per heavy atom. The standard InChI is InChI=1S/C20H25O3/c1-18-14-10-7-8-12-16-20(22)23-17-13-9-5-3-2-4-6-11-15-19(18)21/h4-12,14-19,21H,2-3,13H2,1H3/b6-4+,8-7+,14-10+,15-11+,16-12+/t18-,19-/m1/s1. The molecule has 0 amide bonds. The summed E-state index contributed by atoms with van der Waals surface area (Å²) in [6, 6.07) is 0. The normalized spacial score (nSPS) is 32.2. The van der Waals surface area contributed by atoms with Gasteiger partial charge in [0.05, 0.1) is 6.10 Å². The Labute approximate surface area is 139 Å². The molecule has 1 rings (SSSR count). The van der Waals surface area contributed by atoms with Gasteiger partial charge in [0, 0.05) is 12.0 Å². The van der Waals surface area contributed by atoms with Crippen LogP contribution in [-0.2, 0) is 9.53 Å². The SMILES string of the molecule is C[C@@H]1/C=C/C=C/C=C/C(=O)O[CH]C[CH][CH]CC/C=C/C=C/[C@H]1O. The first kappa shape index (κ1) is 19.2. The second-order valence-corrected chi connectivity index (χ2v) is 5.18. The van der Waals surface area contributed by atoms with Crippen molar-refractivity contribution in [1.29, 1.82) is 0 Å². The highest BCUT2D eigenvalue weighted by Gasteiger charge is 2.05. The molecule has 0 spiro atoms. The monoisotopic (exact) mass is 313 g/mol. The molecule has 3 radical (unpaired) electrons. The van der Waals surface area contributed by atoms with E-state index in [1.807, 2.05) is 37.6 Å². The van der Waals surface area contributed by atoms with Crippen LogP contribution in [0.3, 0.4) is 0 Å². The summed E-state index contributed by atoms with van der Waals surface area (Å²) in [6.07, 6.45) is 23.9. The van der Waals surface area contributed by atoms with Crippen molar-refractivity contribution in [3.8, 4) is 0 Å². The number of esters is 1. The fourth-order valence-electron chi connectivity index (χ4n) is 1.78. The highest BCUT2D eigenvalue weighted by atomic mass is 16.5. The van der Waals surface area contributed by atoms with Crippen LogP contribution in [-0.4, -0.2) is 17.2 Å². The Morgan fingerprint density at radius 3 is 2.65 bits per heavy atom. The van der Waals surface area contributed by atoms with Crippen LogP contribution in [0.5, 0.6) is 0 Å². The van der Waals surface area contributed by atoms with Gasteiger partial charge in [-0.3, -0.25) is 0 Å². The van der Waals surface area contributed by atoms with Crippen LogP contribution in [0.15, 0.2) is 60.8 Å². The van der Waals surface area contributed by atoms with Gasteiger partial charge in [-0.1, -0.05) is 61.6 Å². The molecular formula is C20H25O3. The number of cyclic esters (lactones) is 1. The number of carbonyl (C=O) groups is 1. The fraction of sp³-hybridized carbons (Fsp3) is 0.300. The van der Waals surface area contributed by atoms with E-state index in [2.05, 4.69) is 12.5 Å². The minimum atomic E-state index is -0.518. The lowest BCUT2D eigenvalue weighted by atomic mass is 10.0. The third-order valence-electron chi connectivity index (χ3n) is 3.17. The Hall–Kier alpha value is -1.87. The van der Waals surface area contributed by atoms with E-state index in [4.69, 9.17) is 4.74 Å². The molecule has 3 heteroatoms. The van der Waals surface area contributed by atoms with E-state index < -0.39 is 12.1 Å². The topological polar surface area (TPSA) is 46.5 Å². The molecule has 1 aliphatic heterocycles. The van der Waals surface area contributed by atoms with Gasteiger partial charge >= 0.3 is 5.97 Å². The molecule has 0 saturated carbocycles. The largest absolute Gasteiger partial charge is 0.455 e. The summed E-state index contributed by atoms with van der Waals surface area (Å²) in [5.41, 5.74) is 0. The molecule has 0 fully saturated rings. The van der Waals surface area contributed by atoms with E-state index in [0.717, 1.165) is 12.8 Å². The zero-order valence-corrected chi connectivity index (χ0v) is 13.5. The van der Waals surface area contributed by atoms with E-state index in [0.29, 0.717) is 6.42 Å². The third-order valence-corrected chi connectivity index (χ3v) is 3.17. The molecule has 23 heavy (non-hydrogen) atoms. The number of ether oxygens (including phenoxy) is 1. The molecule has 123 valence electrons. The molecule has 0 aromatic heterocycles. The van der Waals surface area contributed by atoms with Gasteiger partial charge in [0.2, 0.25) is 0 Å². The first-order chi connectivity index (χ1) is 11.2. The van der Waals surface area contributed by atoms with Gasteiger partial charge in [-0.25, -0.2) is 4.79 Å². The van der Waals surface area contributed by atoms with Gasteiger partial charge < -0.3 is 9.84 Å². The molecular weight excluding hydrogens is 288 g/mol. The highest BCUT2D eigenvalue weighted by molar-refractivity contribution is 5.82. The van der Waals surface area contributed by atoms with Crippen LogP contribution in [0, 0.1) is 25.4 Å². The van der Waals surface area contributed by atoms with Crippen molar-refractivity contribution < 1.29 is 14.6 Å². The second-order valence-electron chi connectivity index (χ2n) is 5.18. The lowest BCUT2D eigenvalue weighted by Gasteiger charge is -2.09. The number of aliphatic hydroxyl groups is 1. The van der Waals surface area contributed by atoms with Gasteiger partial charge in [0.1, 0.15) is 6.61 Å². The van der Waals surface area contributed by atoms with Crippen molar-refractivity contribution in [1.82, 2.24) is 0 Å². The van der Waals surface area contributed by atoms with Gasteiger partial charge in [0.15, 0.2) is 0 Å². The van der Waals surface area contributed by atoms with Crippen molar-refractivity contribution in [2.75, 3.05) is 0 Å². The van der Waals surface area contributed by atoms with Crippen molar-refractivity contribution in [2.24, 2.45) is 5.92 Å². The molecule has 0 aromatic rings. The average molecular weight is 313 g/mol. The Balaban J connectivity index is 2.59. The number of hydrogen-bond donors (Lipinski definition) is 1. The lowest BCUT2D eigenvalue weighted by Crippen LogP contribution is -2.11. The van der Waals surface area contributed by atoms with Crippen molar-refractivity contribution in [3.05, 3.63) is 80.2 Å². The van der Waals surface area contributed by atoms with Gasteiger partial charge in [-0.05, 0) is 32.1 Å². The minimum absolute atomic E-state index is 0.0152. The van der Waals surface area contributed by atoms with Crippen LogP contribution < -0.4 is 0 Å². The predicted molar refractivity (Wildman–Crippen MR) is 93.7 cm³/mol. The average Bonchev–Trinajstić information content (AvgIpc) is 2.54. The molecule has 0 aromatic carbocycles. The van der Waals surface area contributed by atoms with Gasteiger partial charge in [-0.2, -0.15) is 0 Å². The summed E-state index contributed by atoms with van der Waals surface area (Å²) >= 11 is 0. The maximum absolute atomic E-state index is 11.4. The molecule has 0 saturated heterocycles.